The van der Waals surface area contributed by atoms with Gasteiger partial charge < -0.3 is 10.2 Å². The molecule has 22 heavy (non-hydrogen) atoms. The summed E-state index contributed by atoms with van der Waals surface area (Å²) in [5.74, 6) is 0.668. The minimum atomic E-state index is -0.215. The first-order valence-electron chi connectivity index (χ1n) is 7.42. The second-order valence-corrected chi connectivity index (χ2v) is 6.47. The molecule has 2 heterocycles. The summed E-state index contributed by atoms with van der Waals surface area (Å²) in [6, 6.07) is 13.1. The van der Waals surface area contributed by atoms with Crippen LogP contribution in [0.5, 0.6) is 0 Å². The van der Waals surface area contributed by atoms with Crippen molar-refractivity contribution in [2.45, 2.75) is 9.79 Å². The van der Waals surface area contributed by atoms with Gasteiger partial charge in [0.15, 0.2) is 0 Å². The van der Waals surface area contributed by atoms with Gasteiger partial charge in [-0.2, -0.15) is 0 Å². The van der Waals surface area contributed by atoms with Gasteiger partial charge in [0.05, 0.1) is 5.69 Å². The summed E-state index contributed by atoms with van der Waals surface area (Å²) in [6.07, 6.45) is 0. The van der Waals surface area contributed by atoms with E-state index in [-0.39, 0.29) is 5.82 Å². The monoisotopic (exact) mass is 313 g/mol. The number of halogens is 1. The van der Waals surface area contributed by atoms with Gasteiger partial charge in [-0.05, 0) is 30.3 Å². The minimum Gasteiger partial charge on any atom is -0.354 e. The molecule has 0 spiro atoms. The molecule has 4 rings (SSSR count). The Morgan fingerprint density at radius 1 is 1.05 bits per heavy atom. The fourth-order valence-corrected chi connectivity index (χ4v) is 3.81. The zero-order valence-corrected chi connectivity index (χ0v) is 12.9. The highest BCUT2D eigenvalue weighted by molar-refractivity contribution is 7.99. The number of piperazine rings is 1. The molecule has 3 nitrogen and oxygen atoms in total. The molecule has 2 aromatic rings. The van der Waals surface area contributed by atoms with Gasteiger partial charge in [-0.3, -0.25) is 0 Å². The van der Waals surface area contributed by atoms with E-state index >= 15 is 0 Å². The minimum absolute atomic E-state index is 0.215. The van der Waals surface area contributed by atoms with Crippen LogP contribution in [0.2, 0.25) is 0 Å². The molecule has 2 aliphatic heterocycles. The molecule has 1 saturated heterocycles. The van der Waals surface area contributed by atoms with E-state index in [4.69, 9.17) is 4.99 Å². The fourth-order valence-electron chi connectivity index (χ4n) is 2.81. The maximum atomic E-state index is 13.8. The highest BCUT2D eigenvalue weighted by Crippen LogP contribution is 2.40. The van der Waals surface area contributed by atoms with Crippen molar-refractivity contribution in [2.24, 2.45) is 4.99 Å². The second kappa shape index (κ2) is 5.74. The maximum absolute atomic E-state index is 13.8. The van der Waals surface area contributed by atoms with Gasteiger partial charge in [-0.15, -0.1) is 0 Å². The number of amidine groups is 1. The van der Waals surface area contributed by atoms with E-state index < -0.39 is 0 Å². The zero-order valence-electron chi connectivity index (χ0n) is 12.1. The average molecular weight is 313 g/mol. The number of para-hydroxylation sites is 1. The lowest BCUT2D eigenvalue weighted by atomic mass is 10.1. The third kappa shape index (κ3) is 2.51. The molecular weight excluding hydrogens is 297 g/mol. The molecule has 0 unspecified atom stereocenters. The van der Waals surface area contributed by atoms with Crippen molar-refractivity contribution in [3.63, 3.8) is 0 Å². The third-order valence-electron chi connectivity index (χ3n) is 3.91. The molecule has 0 aliphatic carbocycles. The van der Waals surface area contributed by atoms with Crippen LogP contribution in [-0.4, -0.2) is 36.9 Å². The van der Waals surface area contributed by atoms with Crippen LogP contribution in [0.1, 0.15) is 5.56 Å². The molecule has 5 heteroatoms. The summed E-state index contributed by atoms with van der Waals surface area (Å²) >= 11 is 1.66. The first kappa shape index (κ1) is 13.8. The normalized spacial score (nSPS) is 17.3. The molecule has 2 aliphatic rings. The van der Waals surface area contributed by atoms with Crippen LogP contribution in [0, 0.1) is 5.82 Å². The predicted molar refractivity (Wildman–Crippen MR) is 87.6 cm³/mol. The molecule has 0 amide bonds. The Morgan fingerprint density at radius 2 is 1.86 bits per heavy atom. The van der Waals surface area contributed by atoms with Gasteiger partial charge in [-0.25, -0.2) is 9.38 Å². The lowest BCUT2D eigenvalue weighted by molar-refractivity contribution is 0.357. The van der Waals surface area contributed by atoms with Crippen LogP contribution in [-0.2, 0) is 0 Å². The van der Waals surface area contributed by atoms with Crippen LogP contribution in [0.15, 0.2) is 57.2 Å². The first-order valence-corrected chi connectivity index (χ1v) is 8.24. The lowest BCUT2D eigenvalue weighted by Crippen LogP contribution is -2.46. The molecule has 112 valence electrons. The summed E-state index contributed by atoms with van der Waals surface area (Å²) in [6.45, 7) is 3.64. The van der Waals surface area contributed by atoms with E-state index in [2.05, 4.69) is 16.3 Å². The van der Waals surface area contributed by atoms with Crippen LogP contribution >= 0.6 is 11.8 Å². The Morgan fingerprint density at radius 3 is 2.73 bits per heavy atom. The Balaban J connectivity index is 1.88. The van der Waals surface area contributed by atoms with E-state index in [0.717, 1.165) is 53.1 Å². The number of aliphatic imine (C=N–C) groups is 1. The topological polar surface area (TPSA) is 27.6 Å². The van der Waals surface area contributed by atoms with Crippen molar-refractivity contribution in [2.75, 3.05) is 26.2 Å². The van der Waals surface area contributed by atoms with Crippen LogP contribution in [0.25, 0.3) is 0 Å². The van der Waals surface area contributed by atoms with Crippen LogP contribution in [0.4, 0.5) is 10.1 Å². The van der Waals surface area contributed by atoms with Crippen molar-refractivity contribution >= 4 is 23.3 Å². The number of rotatable bonds is 0. The molecule has 1 fully saturated rings. The van der Waals surface area contributed by atoms with Crippen molar-refractivity contribution < 1.29 is 4.39 Å². The standard InChI is InChI=1S/C17H16FN3S/c18-12-5-6-15-13(11-12)17(21-9-7-19-8-10-21)20-14-3-1-2-4-16(14)22-15/h1-6,11,19H,7-10H2. The van der Waals surface area contributed by atoms with Crippen LogP contribution < -0.4 is 5.32 Å². The number of hydrogen-bond donors (Lipinski definition) is 1. The van der Waals surface area contributed by atoms with Crippen LogP contribution in [0.3, 0.4) is 0 Å². The molecule has 0 bridgehead atoms. The van der Waals surface area contributed by atoms with Gasteiger partial charge in [0.1, 0.15) is 11.7 Å². The van der Waals surface area contributed by atoms with Gasteiger partial charge in [0.25, 0.3) is 0 Å². The SMILES string of the molecule is Fc1ccc2c(c1)C(N1CCNCC1)=Nc1ccccc1S2. The van der Waals surface area contributed by atoms with E-state index in [1.807, 2.05) is 24.3 Å². The molecule has 0 aromatic heterocycles. The highest BCUT2D eigenvalue weighted by atomic mass is 32.2. The van der Waals surface area contributed by atoms with Gasteiger partial charge in [0, 0.05) is 41.5 Å². The summed E-state index contributed by atoms with van der Waals surface area (Å²) in [5.41, 5.74) is 1.85. The van der Waals surface area contributed by atoms with Crippen molar-refractivity contribution in [3.8, 4) is 0 Å². The zero-order chi connectivity index (χ0) is 14.9. The molecule has 0 atom stereocenters. The molecule has 0 radical (unpaired) electrons. The Kier molecular flexibility index (Phi) is 3.60. The maximum Gasteiger partial charge on any atom is 0.137 e. The number of fused-ring (bicyclic) bond motifs is 2. The van der Waals surface area contributed by atoms with E-state index in [9.17, 15) is 4.39 Å². The summed E-state index contributed by atoms with van der Waals surface area (Å²) in [4.78, 5) is 9.29. The van der Waals surface area contributed by atoms with Gasteiger partial charge >= 0.3 is 0 Å². The lowest BCUT2D eigenvalue weighted by Gasteiger charge is -2.30. The van der Waals surface area contributed by atoms with Crippen molar-refractivity contribution in [1.29, 1.82) is 0 Å². The third-order valence-corrected chi connectivity index (χ3v) is 5.05. The van der Waals surface area contributed by atoms with Gasteiger partial charge in [0.2, 0.25) is 0 Å². The number of benzene rings is 2. The molecule has 2 aromatic carbocycles. The Labute approximate surface area is 133 Å². The molecule has 1 N–H and O–H groups in total. The first-order chi connectivity index (χ1) is 10.8. The molecular formula is C17H16FN3S. The molecule has 0 saturated carbocycles. The average Bonchev–Trinajstić information content (AvgIpc) is 2.72. The van der Waals surface area contributed by atoms with E-state index in [0.29, 0.717) is 0 Å². The number of nitrogens with one attached hydrogen (secondary N) is 1. The number of nitrogens with zero attached hydrogens (tertiary/aromatic N) is 2. The smallest absolute Gasteiger partial charge is 0.137 e. The highest BCUT2D eigenvalue weighted by Gasteiger charge is 2.23. The largest absolute Gasteiger partial charge is 0.354 e. The summed E-state index contributed by atoms with van der Waals surface area (Å²) in [7, 11) is 0. The van der Waals surface area contributed by atoms with Crippen molar-refractivity contribution in [3.05, 3.63) is 53.8 Å². The van der Waals surface area contributed by atoms with E-state index in [1.165, 1.54) is 6.07 Å². The Hall–Kier alpha value is -1.85. The Bertz CT molecular complexity index is 738. The summed E-state index contributed by atoms with van der Waals surface area (Å²) < 4.78 is 13.8. The predicted octanol–water partition coefficient (Wildman–Crippen LogP) is 3.27. The quantitative estimate of drug-likeness (QED) is 0.809. The van der Waals surface area contributed by atoms with Gasteiger partial charge in [-0.1, -0.05) is 23.9 Å². The van der Waals surface area contributed by atoms with Crippen molar-refractivity contribution in [1.82, 2.24) is 10.2 Å². The summed E-state index contributed by atoms with van der Waals surface area (Å²) in [5, 5.41) is 3.35. The number of hydrogen-bond acceptors (Lipinski definition) is 4. The fraction of sp³-hybridized carbons (Fsp3) is 0.235. The van der Waals surface area contributed by atoms with E-state index in [1.54, 1.807) is 17.8 Å². The second-order valence-electron chi connectivity index (χ2n) is 5.38.